The summed E-state index contributed by atoms with van der Waals surface area (Å²) in [5.74, 6) is -2.42. The van der Waals surface area contributed by atoms with Crippen molar-refractivity contribution < 1.29 is 31.7 Å². The van der Waals surface area contributed by atoms with Crippen LogP contribution in [0.25, 0.3) is 0 Å². The molecule has 0 spiro atoms. The normalized spacial score (nSPS) is 17.9. The first-order valence-electron chi connectivity index (χ1n) is 8.07. The molecule has 2 amide bonds. The zero-order valence-corrected chi connectivity index (χ0v) is 14.2. The quantitative estimate of drug-likeness (QED) is 0.746. The zero-order valence-electron chi connectivity index (χ0n) is 14.2. The van der Waals surface area contributed by atoms with E-state index in [0.29, 0.717) is 6.07 Å². The predicted molar refractivity (Wildman–Crippen MR) is 84.3 cm³/mol. The fourth-order valence-corrected chi connectivity index (χ4v) is 2.90. The molecular weight excluding hydrogens is 370 g/mol. The topological polar surface area (TPSA) is 66.7 Å². The maximum absolute atomic E-state index is 13.8. The minimum atomic E-state index is -4.71. The minimum Gasteiger partial charge on any atom is -0.350 e. The van der Waals surface area contributed by atoms with Crippen LogP contribution in [0.2, 0.25) is 0 Å². The van der Waals surface area contributed by atoms with E-state index in [4.69, 9.17) is 0 Å². The first kappa shape index (κ1) is 18.9. The van der Waals surface area contributed by atoms with E-state index in [1.807, 2.05) is 0 Å². The van der Waals surface area contributed by atoms with Gasteiger partial charge in [-0.1, -0.05) is 17.3 Å². The van der Waals surface area contributed by atoms with Gasteiger partial charge in [-0.2, -0.15) is 13.2 Å². The highest BCUT2D eigenvalue weighted by atomic mass is 19.4. The highest BCUT2D eigenvalue weighted by molar-refractivity contribution is 5.95. The third-order valence-corrected chi connectivity index (χ3v) is 4.29. The number of benzene rings is 1. The second-order valence-electron chi connectivity index (χ2n) is 6.15. The molecule has 1 fully saturated rings. The van der Waals surface area contributed by atoms with Gasteiger partial charge in [0.15, 0.2) is 5.69 Å². The predicted octanol–water partition coefficient (Wildman–Crippen LogP) is 2.82. The monoisotopic (exact) mass is 385 g/mol. The second-order valence-corrected chi connectivity index (χ2v) is 6.15. The molecule has 6 nitrogen and oxygen atoms in total. The van der Waals surface area contributed by atoms with Gasteiger partial charge in [-0.3, -0.25) is 9.59 Å². The summed E-state index contributed by atoms with van der Waals surface area (Å²) in [7, 11) is 0. The van der Waals surface area contributed by atoms with Gasteiger partial charge in [0.1, 0.15) is 5.82 Å². The van der Waals surface area contributed by atoms with Gasteiger partial charge in [0.2, 0.25) is 5.76 Å². The Labute approximate surface area is 151 Å². The molecule has 0 saturated carbocycles. The Balaban J connectivity index is 1.69. The maximum atomic E-state index is 13.8. The molecule has 2 heterocycles. The molecule has 27 heavy (non-hydrogen) atoms. The van der Waals surface area contributed by atoms with Gasteiger partial charge in [0.05, 0.1) is 5.56 Å². The lowest BCUT2D eigenvalue weighted by molar-refractivity contribution is -0.142. The van der Waals surface area contributed by atoms with Gasteiger partial charge in [-0.05, 0) is 19.1 Å². The van der Waals surface area contributed by atoms with Gasteiger partial charge >= 0.3 is 6.18 Å². The van der Waals surface area contributed by atoms with Gasteiger partial charge in [0, 0.05) is 31.7 Å². The van der Waals surface area contributed by atoms with Crippen molar-refractivity contribution >= 4 is 11.8 Å². The van der Waals surface area contributed by atoms with Gasteiger partial charge < -0.3 is 14.3 Å². The second kappa shape index (κ2) is 7.01. The summed E-state index contributed by atoms with van der Waals surface area (Å²) in [4.78, 5) is 27.6. The largest absolute Gasteiger partial charge is 0.436 e. The zero-order chi connectivity index (χ0) is 19.8. The molecule has 0 radical (unpaired) electrons. The van der Waals surface area contributed by atoms with Crippen LogP contribution in [-0.2, 0) is 6.18 Å². The summed E-state index contributed by atoms with van der Waals surface area (Å²) in [6.45, 7) is 1.92. The number of amides is 2. The highest BCUT2D eigenvalue weighted by Crippen LogP contribution is 2.29. The summed E-state index contributed by atoms with van der Waals surface area (Å²) >= 11 is 0. The van der Waals surface area contributed by atoms with Crippen LogP contribution in [-0.4, -0.2) is 52.4 Å². The molecule has 1 unspecified atom stereocenters. The van der Waals surface area contributed by atoms with E-state index in [1.54, 1.807) is 13.0 Å². The van der Waals surface area contributed by atoms with Crippen LogP contribution in [0, 0.1) is 5.82 Å². The number of carbonyl (C=O) groups is 2. The van der Waals surface area contributed by atoms with E-state index in [-0.39, 0.29) is 25.2 Å². The lowest BCUT2D eigenvalue weighted by atomic mass is 10.1. The average molecular weight is 385 g/mol. The van der Waals surface area contributed by atoms with Crippen LogP contribution < -0.4 is 0 Å². The standard InChI is InChI=1S/C17H15F4N3O3/c1-10-9-23(16(26)13-8-14(22-27-13)17(19,20)21)6-7-24(10)15(25)11-4-2-3-5-12(11)18/h2-5,8,10H,6-7,9H2,1H3. The number of hydrogen-bond donors (Lipinski definition) is 0. The maximum Gasteiger partial charge on any atom is 0.436 e. The number of alkyl halides is 3. The molecule has 0 aliphatic carbocycles. The smallest absolute Gasteiger partial charge is 0.350 e. The van der Waals surface area contributed by atoms with E-state index in [9.17, 15) is 27.2 Å². The van der Waals surface area contributed by atoms with Crippen LogP contribution in [0.1, 0.15) is 33.5 Å². The lowest BCUT2D eigenvalue weighted by Gasteiger charge is -2.39. The minimum absolute atomic E-state index is 0.0705. The Morgan fingerprint density at radius 3 is 2.48 bits per heavy atom. The summed E-state index contributed by atoms with van der Waals surface area (Å²) in [6, 6.07) is 5.65. The molecule has 144 valence electrons. The number of halogens is 4. The fourth-order valence-electron chi connectivity index (χ4n) is 2.90. The van der Waals surface area contributed by atoms with E-state index < -0.39 is 41.3 Å². The fraction of sp³-hybridized carbons (Fsp3) is 0.353. The van der Waals surface area contributed by atoms with Crippen molar-refractivity contribution in [3.63, 3.8) is 0 Å². The molecule has 0 bridgehead atoms. The molecule has 1 aliphatic heterocycles. The third kappa shape index (κ3) is 3.79. The summed E-state index contributed by atoms with van der Waals surface area (Å²) in [5, 5.41) is 2.86. The Morgan fingerprint density at radius 1 is 1.19 bits per heavy atom. The average Bonchev–Trinajstić information content (AvgIpc) is 3.11. The Hall–Kier alpha value is -2.91. The molecule has 3 rings (SSSR count). The number of rotatable bonds is 2. The number of carbonyl (C=O) groups excluding carboxylic acids is 2. The SMILES string of the molecule is CC1CN(C(=O)c2cc(C(F)(F)F)no2)CCN1C(=O)c1ccccc1F. The molecule has 1 aromatic heterocycles. The molecule has 1 aliphatic rings. The van der Waals surface area contributed by atoms with Crippen molar-refractivity contribution in [2.75, 3.05) is 19.6 Å². The highest BCUT2D eigenvalue weighted by Gasteiger charge is 2.37. The van der Waals surface area contributed by atoms with Gasteiger partial charge in [0.25, 0.3) is 11.8 Å². The third-order valence-electron chi connectivity index (χ3n) is 4.29. The van der Waals surface area contributed by atoms with Crippen molar-refractivity contribution in [3.8, 4) is 0 Å². The van der Waals surface area contributed by atoms with E-state index in [1.165, 1.54) is 28.0 Å². The van der Waals surface area contributed by atoms with Crippen molar-refractivity contribution in [1.29, 1.82) is 0 Å². The van der Waals surface area contributed by atoms with Crippen molar-refractivity contribution in [1.82, 2.24) is 15.0 Å². The van der Waals surface area contributed by atoms with Crippen LogP contribution in [0.4, 0.5) is 17.6 Å². The summed E-state index contributed by atoms with van der Waals surface area (Å²) < 4.78 is 56.1. The molecule has 10 heteroatoms. The molecule has 1 aromatic carbocycles. The summed E-state index contributed by atoms with van der Waals surface area (Å²) in [6.07, 6.45) is -4.71. The molecule has 2 aromatic rings. The Bertz CT molecular complexity index is 865. The number of nitrogens with zero attached hydrogens (tertiary/aromatic N) is 3. The molecule has 1 atom stereocenters. The first-order valence-corrected chi connectivity index (χ1v) is 8.07. The van der Waals surface area contributed by atoms with E-state index in [2.05, 4.69) is 9.68 Å². The van der Waals surface area contributed by atoms with Crippen LogP contribution in [0.3, 0.4) is 0 Å². The summed E-state index contributed by atoms with van der Waals surface area (Å²) in [5.41, 5.74) is -1.36. The Morgan fingerprint density at radius 2 is 1.89 bits per heavy atom. The van der Waals surface area contributed by atoms with Gasteiger partial charge in [-0.15, -0.1) is 0 Å². The van der Waals surface area contributed by atoms with Crippen molar-refractivity contribution in [2.45, 2.75) is 19.1 Å². The van der Waals surface area contributed by atoms with Gasteiger partial charge in [-0.25, -0.2) is 4.39 Å². The molecular formula is C17H15F4N3O3. The van der Waals surface area contributed by atoms with Crippen LogP contribution in [0.15, 0.2) is 34.9 Å². The Kier molecular flexibility index (Phi) is 4.90. The number of aromatic nitrogens is 1. The molecule has 1 saturated heterocycles. The van der Waals surface area contributed by atoms with Crippen molar-refractivity contribution in [3.05, 3.63) is 53.2 Å². The van der Waals surface area contributed by atoms with Crippen LogP contribution >= 0.6 is 0 Å². The molecule has 0 N–H and O–H groups in total. The van der Waals surface area contributed by atoms with E-state index >= 15 is 0 Å². The number of hydrogen-bond acceptors (Lipinski definition) is 4. The van der Waals surface area contributed by atoms with E-state index in [0.717, 1.165) is 0 Å². The lowest BCUT2D eigenvalue weighted by Crippen LogP contribution is -2.55. The number of piperazine rings is 1. The first-order chi connectivity index (χ1) is 12.7. The van der Waals surface area contributed by atoms with Crippen LogP contribution in [0.5, 0.6) is 0 Å². The van der Waals surface area contributed by atoms with Crippen molar-refractivity contribution in [2.24, 2.45) is 0 Å².